The molecule has 1 N–H and O–H groups in total. The van der Waals surface area contributed by atoms with Crippen LogP contribution in [0.25, 0.3) is 12.2 Å². The van der Waals surface area contributed by atoms with Crippen molar-refractivity contribution in [2.45, 2.75) is 19.9 Å². The molecule has 2 rings (SSSR count). The maximum absolute atomic E-state index is 12.7. The molecule has 146 valence electrons. The Morgan fingerprint density at radius 1 is 1.37 bits per heavy atom. The van der Waals surface area contributed by atoms with E-state index in [0.717, 1.165) is 16.9 Å². The summed E-state index contributed by atoms with van der Waals surface area (Å²) < 4.78 is 12.0. The number of ether oxygens (including phenoxy) is 2. The monoisotopic (exact) mass is 410 g/mol. The fourth-order valence-corrected chi connectivity index (χ4v) is 3.88. The average molecular weight is 411 g/mol. The summed E-state index contributed by atoms with van der Waals surface area (Å²) >= 11 is 2.68. The van der Waals surface area contributed by atoms with E-state index in [9.17, 15) is 14.4 Å². The number of methoxy groups -OCH3 is 1. The zero-order valence-electron chi connectivity index (χ0n) is 15.2. The largest absolute Gasteiger partial charge is 0.463 e. The highest BCUT2D eigenvalue weighted by molar-refractivity contribution is 7.08. The van der Waals surface area contributed by atoms with Crippen molar-refractivity contribution in [3.8, 4) is 0 Å². The average Bonchev–Trinajstić information content (AvgIpc) is 3.23. The van der Waals surface area contributed by atoms with Crippen LogP contribution in [0.15, 0.2) is 21.6 Å². The smallest absolute Gasteiger partial charge is 0.333 e. The van der Waals surface area contributed by atoms with E-state index in [0.29, 0.717) is 28.8 Å². The summed E-state index contributed by atoms with van der Waals surface area (Å²) in [7, 11) is 1.59. The predicted octanol–water partition coefficient (Wildman–Crippen LogP) is 0.296. The molecule has 27 heavy (non-hydrogen) atoms. The van der Waals surface area contributed by atoms with Gasteiger partial charge < -0.3 is 14.8 Å². The van der Waals surface area contributed by atoms with Crippen LogP contribution in [0.5, 0.6) is 0 Å². The van der Waals surface area contributed by atoms with Crippen LogP contribution < -0.4 is 20.1 Å². The molecule has 0 radical (unpaired) electrons. The molecular formula is C18H22N2O5S2. The van der Waals surface area contributed by atoms with Crippen LogP contribution in [0.4, 0.5) is 0 Å². The second-order valence-electron chi connectivity index (χ2n) is 5.49. The molecule has 0 aliphatic heterocycles. The zero-order chi connectivity index (χ0) is 19.6. The Bertz CT molecular complexity index is 928. The lowest BCUT2D eigenvalue weighted by molar-refractivity contribution is -0.135. The number of hydrogen-bond donors (Lipinski definition) is 1. The molecule has 9 heteroatoms. The van der Waals surface area contributed by atoms with Gasteiger partial charge in [-0.25, -0.2) is 4.79 Å². The first-order valence-corrected chi connectivity index (χ1v) is 10.2. The molecule has 2 heterocycles. The number of hydrogen-bond acceptors (Lipinski definition) is 7. The Hall–Kier alpha value is -2.23. The minimum Gasteiger partial charge on any atom is -0.463 e. The van der Waals surface area contributed by atoms with Gasteiger partial charge in [-0.15, -0.1) is 11.3 Å². The van der Waals surface area contributed by atoms with Gasteiger partial charge in [0, 0.05) is 20.3 Å². The van der Waals surface area contributed by atoms with Gasteiger partial charge in [0.25, 0.3) is 5.56 Å². The highest BCUT2D eigenvalue weighted by Crippen LogP contribution is 2.05. The van der Waals surface area contributed by atoms with Gasteiger partial charge in [-0.3, -0.25) is 14.2 Å². The second kappa shape index (κ2) is 10.8. The molecule has 0 atom stereocenters. The predicted molar refractivity (Wildman–Crippen MR) is 106 cm³/mol. The van der Waals surface area contributed by atoms with Crippen molar-refractivity contribution in [3.05, 3.63) is 41.9 Å². The van der Waals surface area contributed by atoms with E-state index in [2.05, 4.69) is 5.32 Å². The second-order valence-corrected chi connectivity index (χ2v) is 7.33. The molecule has 2 aromatic heterocycles. The van der Waals surface area contributed by atoms with E-state index in [1.165, 1.54) is 22.0 Å². The van der Waals surface area contributed by atoms with Crippen LogP contribution in [0, 0.1) is 0 Å². The van der Waals surface area contributed by atoms with E-state index in [4.69, 9.17) is 9.47 Å². The highest BCUT2D eigenvalue weighted by atomic mass is 32.1. The van der Waals surface area contributed by atoms with E-state index >= 15 is 0 Å². The standard InChI is InChI=1S/C18H22N2O5S2/c1-3-25-17(22)10-16-20(11-15(21)19-6-4-7-24-2)18(23)14(27-16)9-13-5-8-26-12-13/h5,8-10,12H,3-4,6-7,11H2,1-2H3,(H,19,21)/b14-9+,16-10-. The van der Waals surface area contributed by atoms with Crippen molar-refractivity contribution in [1.82, 2.24) is 9.88 Å². The number of amides is 1. The minimum absolute atomic E-state index is 0.162. The van der Waals surface area contributed by atoms with Crippen molar-refractivity contribution in [2.24, 2.45) is 0 Å². The number of esters is 1. The molecule has 2 aromatic rings. The number of carbonyl (C=O) groups excluding carboxylic acids is 2. The third-order valence-electron chi connectivity index (χ3n) is 3.45. The minimum atomic E-state index is -0.546. The van der Waals surface area contributed by atoms with Gasteiger partial charge in [0.1, 0.15) is 11.2 Å². The van der Waals surface area contributed by atoms with Gasteiger partial charge in [0.2, 0.25) is 5.91 Å². The molecule has 0 saturated heterocycles. The molecule has 0 aliphatic carbocycles. The Morgan fingerprint density at radius 2 is 2.19 bits per heavy atom. The molecule has 1 amide bonds. The number of carbonyl (C=O) groups is 2. The van der Waals surface area contributed by atoms with E-state index < -0.39 is 5.97 Å². The van der Waals surface area contributed by atoms with Crippen LogP contribution >= 0.6 is 22.7 Å². The molecular weight excluding hydrogens is 388 g/mol. The first-order chi connectivity index (χ1) is 13.0. The van der Waals surface area contributed by atoms with Gasteiger partial charge in [0.15, 0.2) is 0 Å². The quantitative estimate of drug-likeness (QED) is 0.475. The highest BCUT2D eigenvalue weighted by Gasteiger charge is 2.11. The van der Waals surface area contributed by atoms with Crippen LogP contribution in [0.2, 0.25) is 0 Å². The normalized spacial score (nSPS) is 12.4. The van der Waals surface area contributed by atoms with Crippen LogP contribution in [-0.2, 0) is 25.6 Å². The van der Waals surface area contributed by atoms with Crippen molar-refractivity contribution in [2.75, 3.05) is 26.9 Å². The zero-order valence-corrected chi connectivity index (χ0v) is 16.9. The molecule has 0 aliphatic rings. The molecule has 0 bridgehead atoms. The topological polar surface area (TPSA) is 86.6 Å². The number of nitrogens with zero attached hydrogens (tertiary/aromatic N) is 1. The van der Waals surface area contributed by atoms with Gasteiger partial charge >= 0.3 is 5.97 Å². The Morgan fingerprint density at radius 3 is 2.85 bits per heavy atom. The molecule has 0 spiro atoms. The van der Waals surface area contributed by atoms with E-state index in [-0.39, 0.29) is 24.6 Å². The van der Waals surface area contributed by atoms with Crippen molar-refractivity contribution < 1.29 is 19.1 Å². The van der Waals surface area contributed by atoms with Gasteiger partial charge in [-0.1, -0.05) is 0 Å². The maximum Gasteiger partial charge on any atom is 0.333 e. The van der Waals surface area contributed by atoms with Gasteiger partial charge in [-0.05, 0) is 41.8 Å². The fourth-order valence-electron chi connectivity index (χ4n) is 2.23. The summed E-state index contributed by atoms with van der Waals surface area (Å²) in [5.41, 5.74) is 0.589. The molecule has 0 aromatic carbocycles. The third-order valence-corrected chi connectivity index (χ3v) is 5.22. The summed E-state index contributed by atoms with van der Waals surface area (Å²) in [5, 5.41) is 6.57. The van der Waals surface area contributed by atoms with Crippen molar-refractivity contribution >= 4 is 46.7 Å². The first kappa shape index (κ1) is 21.1. The lowest BCUT2D eigenvalue weighted by atomic mass is 10.3. The van der Waals surface area contributed by atoms with Gasteiger partial charge in [-0.2, -0.15) is 11.3 Å². The number of nitrogens with one attached hydrogen (secondary N) is 1. The molecule has 0 unspecified atom stereocenters. The van der Waals surface area contributed by atoms with Crippen molar-refractivity contribution in [3.63, 3.8) is 0 Å². The summed E-state index contributed by atoms with van der Waals surface area (Å²) in [4.78, 5) is 36.7. The molecule has 0 fully saturated rings. The summed E-state index contributed by atoms with van der Waals surface area (Å²) in [5.74, 6) is -0.846. The lowest BCUT2D eigenvalue weighted by Gasteiger charge is -2.05. The van der Waals surface area contributed by atoms with Crippen LogP contribution in [0.3, 0.4) is 0 Å². The van der Waals surface area contributed by atoms with E-state index in [1.54, 1.807) is 20.1 Å². The molecule has 0 saturated carbocycles. The van der Waals surface area contributed by atoms with Crippen LogP contribution in [0.1, 0.15) is 18.9 Å². The number of rotatable bonds is 9. The Labute approximate surface area is 164 Å². The number of thiophene rings is 1. The van der Waals surface area contributed by atoms with Crippen LogP contribution in [-0.4, -0.2) is 43.3 Å². The lowest BCUT2D eigenvalue weighted by Crippen LogP contribution is -2.38. The summed E-state index contributed by atoms with van der Waals surface area (Å²) in [6.45, 7) is 2.77. The Kier molecular flexibility index (Phi) is 8.43. The summed E-state index contributed by atoms with van der Waals surface area (Å²) in [6, 6.07) is 1.89. The fraction of sp³-hybridized carbons (Fsp3) is 0.389. The first-order valence-electron chi connectivity index (χ1n) is 8.42. The number of thiazole rings is 1. The van der Waals surface area contributed by atoms with Crippen molar-refractivity contribution in [1.29, 1.82) is 0 Å². The molecule has 7 nitrogen and oxygen atoms in total. The third kappa shape index (κ3) is 6.46. The van der Waals surface area contributed by atoms with Gasteiger partial charge in [0.05, 0.1) is 17.2 Å². The summed E-state index contributed by atoms with van der Waals surface area (Å²) in [6.07, 6.45) is 3.68. The Balaban J connectivity index is 2.33. The SMILES string of the molecule is CCOC(=O)/C=c1\s/c(=C/c2ccsc2)c(=O)n1CC(=O)NCCCOC. The number of aromatic nitrogens is 1. The van der Waals surface area contributed by atoms with E-state index in [1.807, 2.05) is 16.8 Å². The maximum atomic E-state index is 12.7.